The molecular weight excluding hydrogens is 284 g/mol. The predicted octanol–water partition coefficient (Wildman–Crippen LogP) is 0.931. The van der Waals surface area contributed by atoms with Crippen LogP contribution in [0.4, 0.5) is 0 Å². The summed E-state index contributed by atoms with van der Waals surface area (Å²) in [6, 6.07) is 6.80. The Labute approximate surface area is 131 Å². The van der Waals surface area contributed by atoms with Gasteiger partial charge in [0.1, 0.15) is 11.8 Å². The minimum absolute atomic E-state index is 0.0247. The van der Waals surface area contributed by atoms with Gasteiger partial charge in [0, 0.05) is 26.6 Å². The number of amides is 2. The molecule has 0 unspecified atom stereocenters. The Morgan fingerprint density at radius 1 is 1.32 bits per heavy atom. The molecule has 22 heavy (non-hydrogen) atoms. The Morgan fingerprint density at radius 2 is 1.95 bits per heavy atom. The molecule has 0 saturated carbocycles. The molecule has 0 aliphatic carbocycles. The van der Waals surface area contributed by atoms with Gasteiger partial charge in [-0.05, 0) is 31.0 Å². The lowest BCUT2D eigenvalue weighted by molar-refractivity contribution is -0.139. The van der Waals surface area contributed by atoms with Crippen LogP contribution in [0.3, 0.4) is 0 Å². The number of aliphatic hydroxyl groups is 1. The third kappa shape index (κ3) is 5.37. The Hall–Kier alpha value is -2.08. The summed E-state index contributed by atoms with van der Waals surface area (Å²) in [6.07, 6.45) is 0.497. The summed E-state index contributed by atoms with van der Waals surface area (Å²) in [6.45, 7) is 3.92. The van der Waals surface area contributed by atoms with E-state index in [9.17, 15) is 9.59 Å². The largest absolute Gasteiger partial charge is 0.497 e. The zero-order valence-corrected chi connectivity index (χ0v) is 13.3. The summed E-state index contributed by atoms with van der Waals surface area (Å²) in [5.74, 6) is 0.353. The van der Waals surface area contributed by atoms with E-state index in [0.29, 0.717) is 19.5 Å². The molecule has 1 atom stereocenters. The molecule has 1 aromatic carbocycles. The van der Waals surface area contributed by atoms with Crippen molar-refractivity contribution in [3.8, 4) is 5.75 Å². The van der Waals surface area contributed by atoms with Gasteiger partial charge in [-0.1, -0.05) is 12.1 Å². The van der Waals surface area contributed by atoms with E-state index in [2.05, 4.69) is 5.32 Å². The Bertz CT molecular complexity index is 487. The van der Waals surface area contributed by atoms with Crippen molar-refractivity contribution in [2.45, 2.75) is 32.9 Å². The molecule has 1 rings (SSSR count). The second kappa shape index (κ2) is 9.04. The zero-order chi connectivity index (χ0) is 16.5. The first kappa shape index (κ1) is 18.0. The Morgan fingerprint density at radius 3 is 2.45 bits per heavy atom. The normalized spacial score (nSPS) is 11.6. The van der Waals surface area contributed by atoms with Gasteiger partial charge >= 0.3 is 0 Å². The summed E-state index contributed by atoms with van der Waals surface area (Å²) in [4.78, 5) is 25.4. The molecule has 0 fully saturated rings. The first-order valence-corrected chi connectivity index (χ1v) is 7.28. The fourth-order valence-corrected chi connectivity index (χ4v) is 2.03. The van der Waals surface area contributed by atoms with Crippen LogP contribution in [0.25, 0.3) is 0 Å². The maximum atomic E-state index is 12.0. The smallest absolute Gasteiger partial charge is 0.242 e. The zero-order valence-electron chi connectivity index (χ0n) is 13.3. The number of benzene rings is 1. The van der Waals surface area contributed by atoms with Crippen LogP contribution in [0, 0.1) is 0 Å². The van der Waals surface area contributed by atoms with Crippen molar-refractivity contribution >= 4 is 11.8 Å². The second-order valence-electron chi connectivity index (χ2n) is 5.04. The molecule has 0 heterocycles. The predicted molar refractivity (Wildman–Crippen MR) is 83.4 cm³/mol. The first-order chi connectivity index (χ1) is 10.5. The third-order valence-corrected chi connectivity index (χ3v) is 3.40. The average Bonchev–Trinajstić information content (AvgIpc) is 2.52. The lowest BCUT2D eigenvalue weighted by Crippen LogP contribution is -2.47. The Balaban J connectivity index is 2.71. The number of ether oxygens (including phenoxy) is 1. The van der Waals surface area contributed by atoms with E-state index in [1.54, 1.807) is 14.0 Å². The first-order valence-electron chi connectivity index (χ1n) is 7.28. The number of rotatable bonds is 8. The summed E-state index contributed by atoms with van der Waals surface area (Å²) in [5, 5.41) is 11.4. The van der Waals surface area contributed by atoms with Crippen LogP contribution in [0.15, 0.2) is 24.3 Å². The fraction of sp³-hybridized carbons (Fsp3) is 0.500. The molecule has 0 aliphatic rings. The molecule has 1 aromatic rings. The third-order valence-electron chi connectivity index (χ3n) is 3.40. The number of nitrogens with one attached hydrogen (secondary N) is 1. The van der Waals surface area contributed by atoms with Crippen molar-refractivity contribution in [1.29, 1.82) is 0 Å². The van der Waals surface area contributed by atoms with Gasteiger partial charge in [-0.15, -0.1) is 0 Å². The van der Waals surface area contributed by atoms with Gasteiger partial charge < -0.3 is 20.1 Å². The molecule has 0 radical (unpaired) electrons. The quantitative estimate of drug-likeness (QED) is 0.700. The topological polar surface area (TPSA) is 78.9 Å². The van der Waals surface area contributed by atoms with Crippen molar-refractivity contribution in [2.75, 3.05) is 20.3 Å². The average molecular weight is 308 g/mol. The lowest BCUT2D eigenvalue weighted by atomic mass is 10.1. The second-order valence-corrected chi connectivity index (χ2v) is 5.04. The molecule has 122 valence electrons. The number of hydrogen-bond donors (Lipinski definition) is 2. The highest BCUT2D eigenvalue weighted by Crippen LogP contribution is 2.14. The van der Waals surface area contributed by atoms with Crippen LogP contribution >= 0.6 is 0 Å². The lowest BCUT2D eigenvalue weighted by Gasteiger charge is -2.27. The van der Waals surface area contributed by atoms with E-state index in [1.165, 1.54) is 11.8 Å². The molecule has 0 saturated heterocycles. The number of aliphatic hydroxyl groups excluding tert-OH is 1. The van der Waals surface area contributed by atoms with Gasteiger partial charge in [0.25, 0.3) is 0 Å². The molecular formula is C16H24N2O4. The summed E-state index contributed by atoms with van der Waals surface area (Å²) in [7, 11) is 1.59. The fourth-order valence-electron chi connectivity index (χ4n) is 2.03. The van der Waals surface area contributed by atoms with E-state index in [1.807, 2.05) is 24.3 Å². The minimum Gasteiger partial charge on any atom is -0.497 e. The monoisotopic (exact) mass is 308 g/mol. The van der Waals surface area contributed by atoms with Crippen LogP contribution in [0.5, 0.6) is 5.75 Å². The van der Waals surface area contributed by atoms with Crippen LogP contribution in [-0.2, 0) is 16.1 Å². The minimum atomic E-state index is -0.571. The van der Waals surface area contributed by atoms with E-state index in [-0.39, 0.29) is 18.4 Å². The highest BCUT2D eigenvalue weighted by Gasteiger charge is 2.23. The van der Waals surface area contributed by atoms with E-state index >= 15 is 0 Å². The van der Waals surface area contributed by atoms with Crippen molar-refractivity contribution in [1.82, 2.24) is 10.2 Å². The van der Waals surface area contributed by atoms with Crippen LogP contribution < -0.4 is 10.1 Å². The number of carbonyl (C=O) groups excluding carboxylic acids is 2. The molecule has 6 heteroatoms. The number of methoxy groups -OCH3 is 1. The van der Waals surface area contributed by atoms with E-state index in [0.717, 1.165) is 11.3 Å². The molecule has 2 N–H and O–H groups in total. The van der Waals surface area contributed by atoms with E-state index < -0.39 is 6.04 Å². The van der Waals surface area contributed by atoms with Gasteiger partial charge in [-0.25, -0.2) is 0 Å². The molecule has 0 aliphatic heterocycles. The van der Waals surface area contributed by atoms with Crippen molar-refractivity contribution in [3.63, 3.8) is 0 Å². The summed E-state index contributed by atoms with van der Waals surface area (Å²) >= 11 is 0. The van der Waals surface area contributed by atoms with Gasteiger partial charge in [-0.2, -0.15) is 0 Å². The van der Waals surface area contributed by atoms with Crippen LogP contribution in [0.1, 0.15) is 25.8 Å². The van der Waals surface area contributed by atoms with E-state index in [4.69, 9.17) is 9.84 Å². The van der Waals surface area contributed by atoms with Crippen molar-refractivity contribution in [3.05, 3.63) is 29.8 Å². The maximum Gasteiger partial charge on any atom is 0.242 e. The summed E-state index contributed by atoms with van der Waals surface area (Å²) < 4.78 is 5.10. The van der Waals surface area contributed by atoms with Gasteiger partial charge in [0.2, 0.25) is 11.8 Å². The molecule has 2 amide bonds. The molecule has 0 aromatic heterocycles. The van der Waals surface area contributed by atoms with Crippen LogP contribution in [0.2, 0.25) is 0 Å². The number of carbonyl (C=O) groups is 2. The van der Waals surface area contributed by atoms with Gasteiger partial charge in [0.05, 0.1) is 7.11 Å². The van der Waals surface area contributed by atoms with Crippen LogP contribution in [-0.4, -0.2) is 48.1 Å². The summed E-state index contributed by atoms with van der Waals surface area (Å²) in [5.41, 5.74) is 0.922. The SMILES string of the molecule is COc1ccc(CN(C(C)=O)[C@H](C)C(=O)NCCCO)cc1. The number of nitrogens with zero attached hydrogens (tertiary/aromatic N) is 1. The van der Waals surface area contributed by atoms with Crippen molar-refractivity contribution < 1.29 is 19.4 Å². The number of hydrogen-bond acceptors (Lipinski definition) is 4. The maximum absolute atomic E-state index is 12.0. The van der Waals surface area contributed by atoms with Crippen molar-refractivity contribution in [2.24, 2.45) is 0 Å². The molecule has 0 bridgehead atoms. The molecule has 0 spiro atoms. The van der Waals surface area contributed by atoms with Gasteiger partial charge in [-0.3, -0.25) is 9.59 Å². The Kier molecular flexibility index (Phi) is 7.39. The van der Waals surface area contributed by atoms with Gasteiger partial charge in [0.15, 0.2) is 0 Å². The molecule has 6 nitrogen and oxygen atoms in total. The highest BCUT2D eigenvalue weighted by molar-refractivity contribution is 5.86. The highest BCUT2D eigenvalue weighted by atomic mass is 16.5. The standard InChI is InChI=1S/C16H24N2O4/c1-12(16(21)17-9-4-10-19)18(13(2)20)11-14-5-7-15(22-3)8-6-14/h5-8,12,19H,4,9-11H2,1-3H3,(H,17,21)/t12-/m1/s1.